The van der Waals surface area contributed by atoms with Crippen LogP contribution in [0.1, 0.15) is 26.2 Å². The van der Waals surface area contributed by atoms with Gasteiger partial charge in [-0.1, -0.05) is 117 Å². The molecule has 0 heterocycles. The van der Waals surface area contributed by atoms with Crippen LogP contribution < -0.4 is 10.6 Å². The molecule has 0 N–H and O–H groups in total. The lowest BCUT2D eigenvalue weighted by molar-refractivity contribution is 0.584. The maximum absolute atomic E-state index is 15.8. The quantitative estimate of drug-likeness (QED) is 0.121. The van der Waals surface area contributed by atoms with Crippen molar-refractivity contribution in [3.05, 3.63) is 109 Å². The summed E-state index contributed by atoms with van der Waals surface area (Å²) in [4.78, 5) is 0. The van der Waals surface area contributed by atoms with Gasteiger partial charge >= 0.3 is 0 Å². The van der Waals surface area contributed by atoms with Crippen molar-refractivity contribution in [2.45, 2.75) is 26.2 Å². The van der Waals surface area contributed by atoms with Crippen molar-refractivity contribution >= 4 is 82.4 Å². The first-order chi connectivity index (χ1) is 19.2. The Morgan fingerprint density at radius 1 is 0.462 bits per heavy atom. The molecular formula is C37H29OP. The van der Waals surface area contributed by atoms with E-state index in [-0.39, 0.29) is 0 Å². The summed E-state index contributed by atoms with van der Waals surface area (Å²) in [6.07, 6.45) is 3.84. The Hall–Kier alpha value is -3.93. The van der Waals surface area contributed by atoms with Gasteiger partial charge in [-0.2, -0.15) is 0 Å². The van der Waals surface area contributed by atoms with Crippen molar-refractivity contribution in [2.75, 3.05) is 6.16 Å². The summed E-state index contributed by atoms with van der Waals surface area (Å²) < 4.78 is 15.8. The average Bonchev–Trinajstić information content (AvgIpc) is 2.98. The van der Waals surface area contributed by atoms with Crippen LogP contribution >= 0.6 is 7.14 Å². The molecule has 8 rings (SSSR count). The minimum absolute atomic E-state index is 0.689. The van der Waals surface area contributed by atoms with E-state index in [1.54, 1.807) is 0 Å². The normalized spacial score (nSPS) is 12.7. The Labute approximate surface area is 228 Å². The predicted octanol–water partition coefficient (Wildman–Crippen LogP) is 9.99. The Morgan fingerprint density at radius 2 is 0.846 bits per heavy atom. The second-order valence-electron chi connectivity index (χ2n) is 11.1. The van der Waals surface area contributed by atoms with Crippen molar-refractivity contribution in [1.29, 1.82) is 0 Å². The Morgan fingerprint density at radius 3 is 1.28 bits per heavy atom. The summed E-state index contributed by atoms with van der Waals surface area (Å²) in [5, 5.41) is 16.8. The van der Waals surface area contributed by atoms with E-state index >= 15 is 4.57 Å². The van der Waals surface area contributed by atoms with Crippen LogP contribution in [-0.2, 0) is 4.57 Å². The molecule has 0 amide bonds. The highest BCUT2D eigenvalue weighted by molar-refractivity contribution is 7.79. The smallest absolute Gasteiger partial charge is 0.144 e. The molecule has 0 atom stereocenters. The van der Waals surface area contributed by atoms with E-state index in [0.717, 1.165) is 40.6 Å². The molecule has 0 fully saturated rings. The largest absolute Gasteiger partial charge is 0.314 e. The van der Waals surface area contributed by atoms with Crippen LogP contribution in [-0.4, -0.2) is 6.16 Å². The van der Waals surface area contributed by atoms with Crippen molar-refractivity contribution in [3.63, 3.8) is 0 Å². The molecule has 0 radical (unpaired) electrons. The lowest BCUT2D eigenvalue weighted by atomic mass is 9.94. The minimum atomic E-state index is -2.97. The van der Waals surface area contributed by atoms with Gasteiger partial charge in [0, 0.05) is 16.8 Å². The lowest BCUT2D eigenvalue weighted by Gasteiger charge is -2.25. The van der Waals surface area contributed by atoms with Crippen molar-refractivity contribution in [1.82, 2.24) is 0 Å². The number of rotatable bonds is 6. The molecule has 188 valence electrons. The van der Waals surface area contributed by atoms with Gasteiger partial charge in [-0.3, -0.25) is 0 Å². The summed E-state index contributed by atoms with van der Waals surface area (Å²) in [6, 6.07) is 39.5. The van der Waals surface area contributed by atoms with E-state index in [2.05, 4.69) is 116 Å². The Balaban J connectivity index is 1.48. The van der Waals surface area contributed by atoms with Crippen LogP contribution in [0.2, 0.25) is 0 Å². The maximum Gasteiger partial charge on any atom is 0.144 e. The van der Waals surface area contributed by atoms with Crippen LogP contribution in [0, 0.1) is 0 Å². The van der Waals surface area contributed by atoms with E-state index in [0.29, 0.717) is 6.16 Å². The first-order valence-electron chi connectivity index (χ1n) is 14.1. The molecule has 0 aliphatic carbocycles. The van der Waals surface area contributed by atoms with Gasteiger partial charge in [0.2, 0.25) is 0 Å². The first-order valence-corrected chi connectivity index (χ1v) is 16.0. The van der Waals surface area contributed by atoms with E-state index in [4.69, 9.17) is 0 Å². The zero-order valence-corrected chi connectivity index (χ0v) is 23.0. The first kappa shape index (κ1) is 23.0. The number of hydrogen-bond donors (Lipinski definition) is 0. The topological polar surface area (TPSA) is 17.1 Å². The third kappa shape index (κ3) is 3.24. The van der Waals surface area contributed by atoms with Crippen LogP contribution in [0.5, 0.6) is 0 Å². The number of unbranched alkanes of at least 4 members (excludes halogenated alkanes) is 2. The van der Waals surface area contributed by atoms with E-state index in [9.17, 15) is 0 Å². The van der Waals surface area contributed by atoms with Gasteiger partial charge in [0.25, 0.3) is 0 Å². The molecule has 0 aromatic heterocycles. The SMILES string of the molecule is CCCCCP(=O)(c1ccc2ccc3cccc4ccc1c2c34)c1ccc2ccc3cccc4ccc1c2c34. The zero-order valence-electron chi connectivity index (χ0n) is 22.1. The van der Waals surface area contributed by atoms with Gasteiger partial charge in [-0.05, 0) is 83.2 Å². The van der Waals surface area contributed by atoms with Gasteiger partial charge in [-0.25, -0.2) is 0 Å². The van der Waals surface area contributed by atoms with Gasteiger partial charge in [-0.15, -0.1) is 0 Å². The molecule has 0 aliphatic heterocycles. The fourth-order valence-corrected chi connectivity index (χ4v) is 10.2. The second-order valence-corrected chi connectivity index (χ2v) is 13.9. The summed E-state index contributed by atoms with van der Waals surface area (Å²) in [5.74, 6) is 0. The van der Waals surface area contributed by atoms with E-state index < -0.39 is 7.14 Å². The molecule has 0 bridgehead atoms. The maximum atomic E-state index is 15.8. The Bertz CT molecular complexity index is 2040. The van der Waals surface area contributed by atoms with E-state index in [1.807, 2.05) is 0 Å². The van der Waals surface area contributed by atoms with Gasteiger partial charge in [0.05, 0.1) is 0 Å². The van der Waals surface area contributed by atoms with Gasteiger partial charge in [0.1, 0.15) is 7.14 Å². The number of hydrogen-bond acceptors (Lipinski definition) is 1. The fourth-order valence-electron chi connectivity index (χ4n) is 7.02. The molecule has 0 unspecified atom stereocenters. The standard InChI is InChI=1S/C37H29OP/c1-2-3-4-23-39(38,32-21-17-28-13-11-24-7-5-9-26-15-19-30(32)36(28)34(24)26)33-22-18-29-14-12-25-8-6-10-27-16-20-31(33)37(29)35(25)27/h5-22H,2-4,23H2,1H3. The molecule has 2 heteroatoms. The van der Waals surface area contributed by atoms with Crippen LogP contribution in [0.4, 0.5) is 0 Å². The average molecular weight is 521 g/mol. The summed E-state index contributed by atoms with van der Waals surface area (Å²) in [7, 11) is -2.97. The Kier molecular flexibility index (Phi) is 5.03. The third-order valence-electron chi connectivity index (χ3n) is 8.87. The summed E-state index contributed by atoms with van der Waals surface area (Å²) in [5.41, 5.74) is 0. The van der Waals surface area contributed by atoms with E-state index in [1.165, 1.54) is 53.9 Å². The van der Waals surface area contributed by atoms with Crippen molar-refractivity contribution < 1.29 is 4.57 Å². The molecule has 39 heavy (non-hydrogen) atoms. The van der Waals surface area contributed by atoms with Crippen LogP contribution in [0.15, 0.2) is 109 Å². The molecule has 0 saturated carbocycles. The summed E-state index contributed by atoms with van der Waals surface area (Å²) in [6.45, 7) is 2.22. The van der Waals surface area contributed by atoms with Gasteiger partial charge < -0.3 is 4.57 Å². The third-order valence-corrected chi connectivity index (χ3v) is 12.1. The molecule has 8 aromatic rings. The molecule has 0 spiro atoms. The molecular weight excluding hydrogens is 491 g/mol. The van der Waals surface area contributed by atoms with Crippen molar-refractivity contribution in [3.8, 4) is 0 Å². The highest BCUT2D eigenvalue weighted by Crippen LogP contribution is 2.50. The lowest BCUT2D eigenvalue weighted by Crippen LogP contribution is -2.21. The second kappa shape index (κ2) is 8.54. The molecule has 1 nitrogen and oxygen atoms in total. The predicted molar refractivity (Wildman–Crippen MR) is 172 cm³/mol. The highest BCUT2D eigenvalue weighted by Gasteiger charge is 2.31. The van der Waals surface area contributed by atoms with Crippen molar-refractivity contribution in [2.24, 2.45) is 0 Å². The molecule has 0 aliphatic rings. The van der Waals surface area contributed by atoms with Crippen LogP contribution in [0.3, 0.4) is 0 Å². The fraction of sp³-hybridized carbons (Fsp3) is 0.135. The number of benzene rings is 8. The monoisotopic (exact) mass is 520 g/mol. The van der Waals surface area contributed by atoms with Crippen LogP contribution in [0.25, 0.3) is 64.6 Å². The molecule has 0 saturated heterocycles. The molecule has 8 aromatic carbocycles. The summed E-state index contributed by atoms with van der Waals surface area (Å²) >= 11 is 0. The zero-order chi connectivity index (χ0) is 26.1. The highest BCUT2D eigenvalue weighted by atomic mass is 31.2. The minimum Gasteiger partial charge on any atom is -0.314 e. The van der Waals surface area contributed by atoms with Gasteiger partial charge in [0.15, 0.2) is 0 Å².